The maximum absolute atomic E-state index is 13.7. The molecule has 4 bridgehead atoms. The van der Waals surface area contributed by atoms with Crippen LogP contribution < -0.4 is 5.32 Å². The summed E-state index contributed by atoms with van der Waals surface area (Å²) in [6.45, 7) is 16.8. The lowest BCUT2D eigenvalue weighted by Gasteiger charge is -2.16. The molecule has 2 aromatic carbocycles. The van der Waals surface area contributed by atoms with Crippen LogP contribution >= 0.6 is 33.3 Å². The summed E-state index contributed by atoms with van der Waals surface area (Å²) in [6.07, 6.45) is 10.3. The molecule has 2 unspecified atom stereocenters. The monoisotopic (exact) mass is 842 g/mol. The van der Waals surface area contributed by atoms with Crippen LogP contribution in [0.5, 0.6) is 0 Å². The van der Waals surface area contributed by atoms with Crippen molar-refractivity contribution in [2.24, 2.45) is 11.8 Å². The van der Waals surface area contributed by atoms with E-state index in [0.29, 0.717) is 71.6 Å². The average molecular weight is 843 g/mol. The number of ketones is 5. The standard InChI is InChI=1S/C47H58N2O6S3/c1-9-43(51)37-24-35-21-32(6)44(52)16-12-19-57-58-20-17-42(48)46(54)39-26-38(27-40(28-39)49-47(55)34(8)29(2)3)45(53)30(4)13-10-14-33(7)56-18-11-15-41(50)22-31(5)36(23-35)25-37/h9,13,21-29,33-34,48H,1,10-12,14-20H2,2-8H3,(H,49,55). The highest BCUT2D eigenvalue weighted by atomic mass is 33.1. The largest absolute Gasteiger partial charge is 0.326 e. The molecule has 1 aliphatic heterocycles. The smallest absolute Gasteiger partial charge is 0.227 e. The van der Waals surface area contributed by atoms with Gasteiger partial charge in [-0.25, -0.2) is 0 Å². The van der Waals surface area contributed by atoms with Gasteiger partial charge in [0.25, 0.3) is 0 Å². The van der Waals surface area contributed by atoms with Crippen LogP contribution in [-0.4, -0.2) is 63.0 Å². The summed E-state index contributed by atoms with van der Waals surface area (Å²) in [5.41, 5.74) is 4.38. The second kappa shape index (κ2) is 24.1. The maximum Gasteiger partial charge on any atom is 0.227 e. The van der Waals surface area contributed by atoms with Gasteiger partial charge in [0.1, 0.15) is 0 Å². The van der Waals surface area contributed by atoms with Gasteiger partial charge in [0, 0.05) is 64.3 Å². The lowest BCUT2D eigenvalue weighted by molar-refractivity contribution is -0.120. The van der Waals surface area contributed by atoms with E-state index in [2.05, 4.69) is 18.8 Å². The minimum Gasteiger partial charge on any atom is -0.326 e. The van der Waals surface area contributed by atoms with Gasteiger partial charge in [-0.2, -0.15) is 11.8 Å². The summed E-state index contributed by atoms with van der Waals surface area (Å²) in [7, 11) is 3.10. The van der Waals surface area contributed by atoms with Gasteiger partial charge < -0.3 is 10.7 Å². The first-order valence-corrected chi connectivity index (χ1v) is 23.4. The number of Topliss-reactive ketones (excluding diaryl/α,β-unsaturated/α-hetero) is 3. The van der Waals surface area contributed by atoms with Crippen molar-refractivity contribution >= 4 is 91.2 Å². The van der Waals surface area contributed by atoms with Crippen LogP contribution in [0.1, 0.15) is 136 Å². The van der Waals surface area contributed by atoms with E-state index in [-0.39, 0.29) is 69.4 Å². The Bertz CT molecular complexity index is 1990. The molecule has 0 saturated heterocycles. The molecule has 0 saturated carbocycles. The number of allylic oxidation sites excluding steroid dienone is 6. The number of fused-ring (bicyclic) bond motifs is 4. The van der Waals surface area contributed by atoms with E-state index in [1.165, 1.54) is 29.0 Å². The molecule has 310 valence electrons. The third-order valence-corrected chi connectivity index (χ3v) is 13.8. The van der Waals surface area contributed by atoms with Crippen LogP contribution in [0.2, 0.25) is 0 Å². The van der Waals surface area contributed by atoms with Crippen molar-refractivity contribution in [2.45, 2.75) is 98.7 Å². The Morgan fingerprint density at radius 2 is 1.47 bits per heavy atom. The third kappa shape index (κ3) is 15.6. The van der Waals surface area contributed by atoms with E-state index in [1.54, 1.807) is 66.8 Å². The molecule has 11 heteroatoms. The fraction of sp³-hybridized carbons (Fsp3) is 0.426. The average Bonchev–Trinajstić information content (AvgIpc) is 3.19. The van der Waals surface area contributed by atoms with Crippen LogP contribution in [0.25, 0.3) is 11.6 Å². The summed E-state index contributed by atoms with van der Waals surface area (Å²) in [5, 5.41) is 11.8. The highest BCUT2D eigenvalue weighted by molar-refractivity contribution is 8.76. The molecule has 58 heavy (non-hydrogen) atoms. The lowest BCUT2D eigenvalue weighted by Crippen LogP contribution is -2.25. The van der Waals surface area contributed by atoms with Gasteiger partial charge in [-0.15, -0.1) is 0 Å². The number of nitrogens with one attached hydrogen (secondary N) is 2. The van der Waals surface area contributed by atoms with E-state index in [4.69, 9.17) is 5.41 Å². The first-order valence-electron chi connectivity index (χ1n) is 19.9. The number of carbonyl (C=O) groups is 6. The molecule has 0 aliphatic carbocycles. The molecule has 2 atom stereocenters. The SMILES string of the molecule is C=CC(=O)c1cc2cc(c1)C(C)=CC(=O)CCCSC(C)CCC=C(C)C(=O)c1cc(NC(=O)C(C)C(C)C)cc(c1)C(=O)C(=N)CCSSCCCC(=O)C(C)=C2. The molecule has 3 rings (SSSR count). The minimum absolute atomic E-state index is 0.00195. The van der Waals surface area contributed by atoms with Crippen molar-refractivity contribution in [1.82, 2.24) is 0 Å². The summed E-state index contributed by atoms with van der Waals surface area (Å²) in [4.78, 5) is 78.9. The van der Waals surface area contributed by atoms with Crippen LogP contribution in [-0.2, 0) is 14.4 Å². The number of anilines is 1. The van der Waals surface area contributed by atoms with Crippen molar-refractivity contribution in [3.63, 3.8) is 0 Å². The van der Waals surface area contributed by atoms with Crippen molar-refractivity contribution in [2.75, 3.05) is 22.6 Å². The zero-order valence-electron chi connectivity index (χ0n) is 35.0. The van der Waals surface area contributed by atoms with Gasteiger partial charge in [-0.1, -0.05) is 61.9 Å². The molecule has 0 radical (unpaired) electrons. The number of thioether (sulfide) groups is 1. The van der Waals surface area contributed by atoms with E-state index in [0.717, 1.165) is 23.3 Å². The topological polar surface area (TPSA) is 138 Å². The van der Waals surface area contributed by atoms with E-state index < -0.39 is 5.78 Å². The molecule has 0 fully saturated rings. The Balaban J connectivity index is 1.85. The van der Waals surface area contributed by atoms with Gasteiger partial charge in [-0.05, 0) is 141 Å². The second-order valence-electron chi connectivity index (χ2n) is 15.2. The Kier molecular flexibility index (Phi) is 20.1. The Morgan fingerprint density at radius 3 is 2.16 bits per heavy atom. The maximum atomic E-state index is 13.7. The molecular weight excluding hydrogens is 785 g/mol. The predicted octanol–water partition coefficient (Wildman–Crippen LogP) is 11.5. The summed E-state index contributed by atoms with van der Waals surface area (Å²) < 4.78 is 0. The number of hydrogen-bond donors (Lipinski definition) is 2. The van der Waals surface area contributed by atoms with Crippen molar-refractivity contribution < 1.29 is 28.8 Å². The molecule has 1 amide bonds. The van der Waals surface area contributed by atoms with Gasteiger partial charge in [0.15, 0.2) is 23.1 Å². The molecule has 1 aliphatic rings. The fourth-order valence-corrected chi connectivity index (χ4v) is 9.09. The fourth-order valence-electron chi connectivity index (χ4n) is 5.98. The molecule has 2 N–H and O–H groups in total. The first kappa shape index (κ1) is 48.3. The number of rotatable bonds is 5. The van der Waals surface area contributed by atoms with Gasteiger partial charge in [0.05, 0.1) is 5.71 Å². The van der Waals surface area contributed by atoms with E-state index in [1.807, 2.05) is 39.8 Å². The lowest BCUT2D eigenvalue weighted by atomic mass is 9.95. The summed E-state index contributed by atoms with van der Waals surface area (Å²) in [5.74, 6) is 0.582. The van der Waals surface area contributed by atoms with Crippen LogP contribution in [0.4, 0.5) is 5.69 Å². The molecular formula is C47H58N2O6S3. The number of carbonyl (C=O) groups excluding carboxylic acids is 6. The Labute approximate surface area is 356 Å². The van der Waals surface area contributed by atoms with Crippen molar-refractivity contribution in [3.05, 3.63) is 100 Å². The van der Waals surface area contributed by atoms with Crippen LogP contribution in [0.3, 0.4) is 0 Å². The molecule has 2 aromatic rings. The van der Waals surface area contributed by atoms with E-state index in [9.17, 15) is 28.8 Å². The highest BCUT2D eigenvalue weighted by Crippen LogP contribution is 2.27. The van der Waals surface area contributed by atoms with E-state index >= 15 is 0 Å². The molecule has 1 heterocycles. The van der Waals surface area contributed by atoms with Crippen molar-refractivity contribution in [3.8, 4) is 0 Å². The second-order valence-corrected chi connectivity index (χ2v) is 19.4. The summed E-state index contributed by atoms with van der Waals surface area (Å²) in [6, 6.07) is 10.0. The number of amides is 1. The normalized spacial score (nSPS) is 18.7. The van der Waals surface area contributed by atoms with Gasteiger partial charge in [0.2, 0.25) is 11.7 Å². The number of benzene rings is 2. The first-order chi connectivity index (χ1) is 27.5. The highest BCUT2D eigenvalue weighted by Gasteiger charge is 2.21. The van der Waals surface area contributed by atoms with Crippen molar-refractivity contribution in [1.29, 1.82) is 5.41 Å². The Hall–Kier alpha value is -4.06. The number of hydrogen-bond acceptors (Lipinski definition) is 10. The predicted molar refractivity (Wildman–Crippen MR) is 247 cm³/mol. The third-order valence-electron chi connectivity index (χ3n) is 10.00. The summed E-state index contributed by atoms with van der Waals surface area (Å²) >= 11 is 1.77. The van der Waals surface area contributed by atoms with Gasteiger partial charge >= 0.3 is 0 Å². The Morgan fingerprint density at radius 1 is 0.793 bits per heavy atom. The minimum atomic E-state index is -0.498. The van der Waals surface area contributed by atoms with Gasteiger partial charge in [-0.3, -0.25) is 28.8 Å². The zero-order valence-corrected chi connectivity index (χ0v) is 37.4. The zero-order chi connectivity index (χ0) is 42.9. The molecule has 0 aromatic heterocycles. The molecule has 8 nitrogen and oxygen atoms in total. The quantitative estimate of drug-likeness (QED) is 0.171. The van der Waals surface area contributed by atoms with Crippen LogP contribution in [0, 0.1) is 17.2 Å². The molecule has 0 spiro atoms. The van der Waals surface area contributed by atoms with Crippen LogP contribution in [0.15, 0.2) is 72.4 Å².